The van der Waals surface area contributed by atoms with Crippen LogP contribution in [0.4, 0.5) is 16.3 Å². The average Bonchev–Trinajstić information content (AvgIpc) is 2.43. The summed E-state index contributed by atoms with van der Waals surface area (Å²) in [5.74, 6) is -0.599. The summed E-state index contributed by atoms with van der Waals surface area (Å²) in [6, 6.07) is 5.93. The van der Waals surface area contributed by atoms with E-state index in [4.69, 9.17) is 16.2 Å². The molecule has 0 saturated heterocycles. The van der Waals surface area contributed by atoms with E-state index in [1.807, 2.05) is 0 Å². The number of anilines is 2. The number of nitrogen functional groups attached to an aromatic ring is 2. The molecule has 1 aromatic carbocycles. The van der Waals surface area contributed by atoms with E-state index in [1.54, 1.807) is 12.1 Å². The average molecular weight is 291 g/mol. The minimum atomic E-state index is -0.420. The van der Waals surface area contributed by atoms with Crippen molar-refractivity contribution in [3.63, 3.8) is 0 Å². The van der Waals surface area contributed by atoms with Crippen molar-refractivity contribution in [1.82, 2.24) is 15.0 Å². The van der Waals surface area contributed by atoms with E-state index in [0.717, 1.165) is 5.56 Å². The van der Waals surface area contributed by atoms with Crippen molar-refractivity contribution < 1.29 is 13.9 Å². The number of hydrogen-bond donors (Lipinski definition) is 2. The van der Waals surface area contributed by atoms with Gasteiger partial charge in [0.05, 0.1) is 0 Å². The molecule has 1 aromatic heterocycles. The monoisotopic (exact) mass is 291 g/mol. The van der Waals surface area contributed by atoms with Gasteiger partial charge in [-0.2, -0.15) is 15.0 Å². The zero-order valence-electron chi connectivity index (χ0n) is 11.1. The van der Waals surface area contributed by atoms with Crippen LogP contribution in [0.25, 0.3) is 0 Å². The van der Waals surface area contributed by atoms with Gasteiger partial charge in [0, 0.05) is 6.42 Å². The van der Waals surface area contributed by atoms with Crippen LogP contribution in [0.5, 0.6) is 0 Å². The van der Waals surface area contributed by atoms with Crippen LogP contribution >= 0.6 is 0 Å². The zero-order chi connectivity index (χ0) is 15.2. The van der Waals surface area contributed by atoms with E-state index < -0.39 is 5.97 Å². The van der Waals surface area contributed by atoms with Crippen molar-refractivity contribution in [1.29, 1.82) is 0 Å². The van der Waals surface area contributed by atoms with Crippen LogP contribution in [0, 0.1) is 5.82 Å². The van der Waals surface area contributed by atoms with Gasteiger partial charge in [0.15, 0.2) is 12.4 Å². The lowest BCUT2D eigenvalue weighted by atomic mass is 10.1. The maximum atomic E-state index is 12.7. The Morgan fingerprint density at radius 2 is 1.71 bits per heavy atom. The van der Waals surface area contributed by atoms with Crippen molar-refractivity contribution in [2.24, 2.45) is 0 Å². The first-order chi connectivity index (χ1) is 10.0. The standard InChI is InChI=1S/C13H14FN5O2/c14-9-4-1-8(2-5-9)3-6-11(20)21-7-10-17-12(15)19-13(16)18-10/h1-2,4-5H,3,6-7H2,(H4,15,16,17,18,19). The second-order valence-corrected chi connectivity index (χ2v) is 4.26. The van der Waals surface area contributed by atoms with Crippen molar-refractivity contribution in [2.75, 3.05) is 11.5 Å². The van der Waals surface area contributed by atoms with Gasteiger partial charge in [0.2, 0.25) is 11.9 Å². The number of rotatable bonds is 5. The number of nitrogens with zero attached hydrogens (tertiary/aromatic N) is 3. The normalized spacial score (nSPS) is 10.3. The number of esters is 1. The molecule has 0 saturated carbocycles. The van der Waals surface area contributed by atoms with Crippen LogP contribution < -0.4 is 11.5 Å². The third kappa shape index (κ3) is 4.68. The molecule has 0 atom stereocenters. The Labute approximate surface area is 120 Å². The van der Waals surface area contributed by atoms with Gasteiger partial charge in [-0.05, 0) is 24.1 Å². The third-order valence-corrected chi connectivity index (χ3v) is 2.61. The summed E-state index contributed by atoms with van der Waals surface area (Å²) in [6.07, 6.45) is 0.627. The lowest BCUT2D eigenvalue weighted by Crippen LogP contribution is -2.11. The summed E-state index contributed by atoms with van der Waals surface area (Å²) in [5, 5.41) is 0. The van der Waals surface area contributed by atoms with E-state index in [9.17, 15) is 9.18 Å². The first-order valence-electron chi connectivity index (χ1n) is 6.19. The fourth-order valence-corrected chi connectivity index (χ4v) is 1.64. The van der Waals surface area contributed by atoms with Gasteiger partial charge < -0.3 is 16.2 Å². The molecular weight excluding hydrogens is 277 g/mol. The Kier molecular flexibility index (Phi) is 4.60. The Morgan fingerprint density at radius 3 is 2.33 bits per heavy atom. The molecule has 0 spiro atoms. The Morgan fingerprint density at radius 1 is 1.10 bits per heavy atom. The van der Waals surface area contributed by atoms with Gasteiger partial charge in [0.1, 0.15) is 5.82 Å². The van der Waals surface area contributed by atoms with E-state index in [0.29, 0.717) is 6.42 Å². The van der Waals surface area contributed by atoms with Crippen molar-refractivity contribution >= 4 is 17.9 Å². The van der Waals surface area contributed by atoms with Crippen molar-refractivity contribution in [3.8, 4) is 0 Å². The van der Waals surface area contributed by atoms with E-state index in [-0.39, 0.29) is 36.6 Å². The zero-order valence-corrected chi connectivity index (χ0v) is 11.1. The predicted octanol–water partition coefficient (Wildman–Crippen LogP) is 0.851. The lowest BCUT2D eigenvalue weighted by molar-refractivity contribution is -0.145. The van der Waals surface area contributed by atoms with Gasteiger partial charge in [-0.25, -0.2) is 4.39 Å². The number of carbonyl (C=O) groups is 1. The van der Waals surface area contributed by atoms with Gasteiger partial charge >= 0.3 is 5.97 Å². The molecule has 0 aliphatic carbocycles. The van der Waals surface area contributed by atoms with E-state index >= 15 is 0 Å². The second-order valence-electron chi connectivity index (χ2n) is 4.26. The predicted molar refractivity (Wildman–Crippen MR) is 73.2 cm³/mol. The first-order valence-corrected chi connectivity index (χ1v) is 6.19. The number of nitrogens with two attached hydrogens (primary N) is 2. The third-order valence-electron chi connectivity index (χ3n) is 2.61. The molecule has 0 aliphatic rings. The minimum absolute atomic E-state index is 0.0279. The van der Waals surface area contributed by atoms with Gasteiger partial charge in [-0.3, -0.25) is 4.79 Å². The van der Waals surface area contributed by atoms with Gasteiger partial charge in [-0.1, -0.05) is 12.1 Å². The summed E-state index contributed by atoms with van der Waals surface area (Å²) < 4.78 is 17.7. The molecule has 110 valence electrons. The summed E-state index contributed by atoms with van der Waals surface area (Å²) in [5.41, 5.74) is 11.6. The minimum Gasteiger partial charge on any atom is -0.457 e. The molecule has 0 aliphatic heterocycles. The van der Waals surface area contributed by atoms with Gasteiger partial charge in [0.25, 0.3) is 0 Å². The fourth-order valence-electron chi connectivity index (χ4n) is 1.64. The van der Waals surface area contributed by atoms with E-state index in [2.05, 4.69) is 15.0 Å². The molecular formula is C13H14FN5O2. The largest absolute Gasteiger partial charge is 0.457 e. The molecule has 8 heteroatoms. The van der Waals surface area contributed by atoms with Crippen LogP contribution in [-0.4, -0.2) is 20.9 Å². The van der Waals surface area contributed by atoms with Gasteiger partial charge in [-0.15, -0.1) is 0 Å². The second kappa shape index (κ2) is 6.60. The van der Waals surface area contributed by atoms with Crippen molar-refractivity contribution in [2.45, 2.75) is 19.4 Å². The Hall–Kier alpha value is -2.77. The highest BCUT2D eigenvalue weighted by Crippen LogP contribution is 2.07. The van der Waals surface area contributed by atoms with E-state index in [1.165, 1.54) is 12.1 Å². The fraction of sp³-hybridized carbons (Fsp3) is 0.231. The summed E-state index contributed by atoms with van der Waals surface area (Å²) in [6.45, 7) is -0.126. The number of aromatic nitrogens is 3. The number of halogens is 1. The molecule has 4 N–H and O–H groups in total. The molecule has 2 aromatic rings. The number of carbonyl (C=O) groups excluding carboxylic acids is 1. The number of hydrogen-bond acceptors (Lipinski definition) is 7. The molecule has 2 rings (SSSR count). The summed E-state index contributed by atoms with van der Waals surface area (Å²) >= 11 is 0. The van der Waals surface area contributed by atoms with Crippen LogP contribution in [0.15, 0.2) is 24.3 Å². The highest BCUT2D eigenvalue weighted by molar-refractivity contribution is 5.69. The molecule has 7 nitrogen and oxygen atoms in total. The maximum Gasteiger partial charge on any atom is 0.306 e. The molecule has 21 heavy (non-hydrogen) atoms. The highest BCUT2D eigenvalue weighted by atomic mass is 19.1. The topological polar surface area (TPSA) is 117 Å². The highest BCUT2D eigenvalue weighted by Gasteiger charge is 2.07. The Bertz CT molecular complexity index is 613. The van der Waals surface area contributed by atoms with Crippen LogP contribution in [0.3, 0.4) is 0 Å². The van der Waals surface area contributed by atoms with Crippen LogP contribution in [0.2, 0.25) is 0 Å². The molecule has 0 bridgehead atoms. The van der Waals surface area contributed by atoms with Crippen molar-refractivity contribution in [3.05, 3.63) is 41.5 Å². The number of ether oxygens (including phenoxy) is 1. The molecule has 0 radical (unpaired) electrons. The molecule has 0 amide bonds. The number of benzene rings is 1. The Balaban J connectivity index is 1.80. The summed E-state index contributed by atoms with van der Waals surface area (Å²) in [7, 11) is 0. The molecule has 1 heterocycles. The van der Waals surface area contributed by atoms with Crippen LogP contribution in [0.1, 0.15) is 17.8 Å². The quantitative estimate of drug-likeness (QED) is 0.784. The molecule has 0 fully saturated rings. The maximum absolute atomic E-state index is 12.7. The summed E-state index contributed by atoms with van der Waals surface area (Å²) in [4.78, 5) is 22.8. The SMILES string of the molecule is Nc1nc(N)nc(COC(=O)CCc2ccc(F)cc2)n1. The van der Waals surface area contributed by atoms with Crippen LogP contribution in [-0.2, 0) is 22.6 Å². The lowest BCUT2D eigenvalue weighted by Gasteiger charge is -2.05. The molecule has 0 unspecified atom stereocenters. The smallest absolute Gasteiger partial charge is 0.306 e. The number of aryl methyl sites for hydroxylation is 1. The first kappa shape index (κ1) is 14.6.